The van der Waals surface area contributed by atoms with Crippen molar-refractivity contribution >= 4 is 11.9 Å². The molecule has 0 aromatic heterocycles. The molecular formula is C10H20N2O3. The number of rotatable bonds is 7. The molecule has 0 rings (SSSR count). The van der Waals surface area contributed by atoms with Crippen LogP contribution in [0.15, 0.2) is 0 Å². The lowest BCUT2D eigenvalue weighted by atomic mass is 10.1. The molecule has 5 heteroatoms. The predicted molar refractivity (Wildman–Crippen MR) is 57.3 cm³/mol. The number of carboxylic acids is 1. The third kappa shape index (κ3) is 5.37. The molecule has 0 radical (unpaired) electrons. The van der Waals surface area contributed by atoms with Crippen molar-refractivity contribution in [3.05, 3.63) is 0 Å². The monoisotopic (exact) mass is 216 g/mol. The number of hydrogen-bond acceptors (Lipinski definition) is 3. The normalized spacial score (nSPS) is 14.3. The lowest BCUT2D eigenvalue weighted by Gasteiger charge is -2.14. The standard InChI is InChI=1S/C10H20N2O3/c1-3-5-8(11)9(13)12-6-7(4-2)10(14)15/h7-8H,3-6,11H2,1-2H3,(H,12,13)(H,14,15)/t7?,8-/m1/s1. The number of nitrogens with one attached hydrogen (secondary N) is 1. The number of nitrogens with two attached hydrogens (primary N) is 1. The smallest absolute Gasteiger partial charge is 0.308 e. The van der Waals surface area contributed by atoms with Crippen molar-refractivity contribution in [2.24, 2.45) is 11.7 Å². The number of hydrogen-bond donors (Lipinski definition) is 3. The molecule has 0 spiro atoms. The number of carboxylic acid groups (broad SMARTS) is 1. The Morgan fingerprint density at radius 3 is 2.40 bits per heavy atom. The van der Waals surface area contributed by atoms with Gasteiger partial charge in [-0.25, -0.2) is 0 Å². The molecule has 4 N–H and O–H groups in total. The van der Waals surface area contributed by atoms with Gasteiger partial charge in [-0.05, 0) is 12.8 Å². The highest BCUT2D eigenvalue weighted by atomic mass is 16.4. The SMILES string of the molecule is CCC[C@@H](N)C(=O)NCC(CC)C(=O)O. The summed E-state index contributed by atoms with van der Waals surface area (Å²) in [6, 6.07) is -0.527. The molecule has 88 valence electrons. The highest BCUT2D eigenvalue weighted by Gasteiger charge is 2.18. The van der Waals surface area contributed by atoms with Gasteiger partial charge in [0.1, 0.15) is 0 Å². The summed E-state index contributed by atoms with van der Waals surface area (Å²) in [5.74, 6) is -1.68. The van der Waals surface area contributed by atoms with Gasteiger partial charge in [0, 0.05) is 6.54 Å². The Hall–Kier alpha value is -1.10. The molecule has 2 atom stereocenters. The first kappa shape index (κ1) is 13.9. The van der Waals surface area contributed by atoms with Crippen molar-refractivity contribution in [1.29, 1.82) is 0 Å². The minimum absolute atomic E-state index is 0.155. The van der Waals surface area contributed by atoms with Crippen LogP contribution in [-0.4, -0.2) is 29.6 Å². The third-order valence-electron chi connectivity index (χ3n) is 2.30. The van der Waals surface area contributed by atoms with Crippen molar-refractivity contribution in [3.63, 3.8) is 0 Å². The van der Waals surface area contributed by atoms with Crippen molar-refractivity contribution in [1.82, 2.24) is 5.32 Å². The molecule has 0 aromatic carbocycles. The summed E-state index contributed by atoms with van der Waals surface area (Å²) in [5.41, 5.74) is 5.57. The fourth-order valence-corrected chi connectivity index (χ4v) is 1.20. The first-order valence-electron chi connectivity index (χ1n) is 5.29. The zero-order valence-corrected chi connectivity index (χ0v) is 9.32. The van der Waals surface area contributed by atoms with E-state index in [0.717, 1.165) is 6.42 Å². The average molecular weight is 216 g/mol. The van der Waals surface area contributed by atoms with Gasteiger partial charge in [-0.15, -0.1) is 0 Å². The van der Waals surface area contributed by atoms with Gasteiger partial charge in [-0.3, -0.25) is 9.59 Å². The maximum Gasteiger partial charge on any atom is 0.308 e. The van der Waals surface area contributed by atoms with Crippen LogP contribution in [0.4, 0.5) is 0 Å². The van der Waals surface area contributed by atoms with E-state index in [1.165, 1.54) is 0 Å². The van der Waals surface area contributed by atoms with Gasteiger partial charge in [-0.2, -0.15) is 0 Å². The van der Waals surface area contributed by atoms with Crippen LogP contribution in [0.1, 0.15) is 33.1 Å². The van der Waals surface area contributed by atoms with E-state index in [9.17, 15) is 9.59 Å². The number of carbonyl (C=O) groups excluding carboxylic acids is 1. The molecule has 1 amide bonds. The van der Waals surface area contributed by atoms with E-state index in [4.69, 9.17) is 10.8 Å². The molecule has 0 fully saturated rings. The maximum absolute atomic E-state index is 11.3. The van der Waals surface area contributed by atoms with Crippen molar-refractivity contribution in [2.75, 3.05) is 6.54 Å². The topological polar surface area (TPSA) is 92.4 Å². The lowest BCUT2D eigenvalue weighted by Crippen LogP contribution is -2.43. The molecule has 0 aliphatic heterocycles. The first-order valence-corrected chi connectivity index (χ1v) is 5.29. The van der Waals surface area contributed by atoms with Crippen LogP contribution >= 0.6 is 0 Å². The highest BCUT2D eigenvalue weighted by molar-refractivity contribution is 5.82. The summed E-state index contributed by atoms with van der Waals surface area (Å²) in [7, 11) is 0. The molecule has 0 aliphatic carbocycles. The van der Waals surface area contributed by atoms with Crippen LogP contribution in [-0.2, 0) is 9.59 Å². The summed E-state index contributed by atoms with van der Waals surface area (Å²) in [4.78, 5) is 22.0. The minimum atomic E-state index is -0.887. The largest absolute Gasteiger partial charge is 0.481 e. The molecule has 0 saturated heterocycles. The van der Waals surface area contributed by atoms with Gasteiger partial charge in [0.25, 0.3) is 0 Å². The Labute approximate surface area is 90.0 Å². The molecular weight excluding hydrogens is 196 g/mol. The lowest BCUT2D eigenvalue weighted by molar-refractivity contribution is -0.141. The summed E-state index contributed by atoms with van der Waals surface area (Å²) >= 11 is 0. The number of carbonyl (C=O) groups is 2. The predicted octanol–water partition coefficient (Wildman–Crippen LogP) is 0.341. The molecule has 15 heavy (non-hydrogen) atoms. The Balaban J connectivity index is 3.92. The zero-order chi connectivity index (χ0) is 11.8. The van der Waals surface area contributed by atoms with Gasteiger partial charge in [0.2, 0.25) is 5.91 Å². The van der Waals surface area contributed by atoms with Gasteiger partial charge < -0.3 is 16.2 Å². The summed E-state index contributed by atoms with van der Waals surface area (Å²) in [5, 5.41) is 11.3. The molecule has 5 nitrogen and oxygen atoms in total. The van der Waals surface area contributed by atoms with E-state index >= 15 is 0 Å². The Kier molecular flexibility index (Phi) is 6.70. The molecule has 0 bridgehead atoms. The average Bonchev–Trinajstić information content (AvgIpc) is 2.18. The van der Waals surface area contributed by atoms with Crippen LogP contribution in [0, 0.1) is 5.92 Å². The Morgan fingerprint density at radius 2 is 2.00 bits per heavy atom. The van der Waals surface area contributed by atoms with E-state index in [1.807, 2.05) is 6.92 Å². The first-order chi connectivity index (χ1) is 7.02. The zero-order valence-electron chi connectivity index (χ0n) is 9.32. The maximum atomic E-state index is 11.3. The van der Waals surface area contributed by atoms with Crippen molar-refractivity contribution < 1.29 is 14.7 Å². The van der Waals surface area contributed by atoms with Crippen LogP contribution < -0.4 is 11.1 Å². The molecule has 0 saturated carbocycles. The third-order valence-corrected chi connectivity index (χ3v) is 2.30. The van der Waals surface area contributed by atoms with Crippen molar-refractivity contribution in [3.8, 4) is 0 Å². The van der Waals surface area contributed by atoms with E-state index in [2.05, 4.69) is 5.32 Å². The van der Waals surface area contributed by atoms with Gasteiger partial charge in [0.15, 0.2) is 0 Å². The second kappa shape index (κ2) is 7.23. The minimum Gasteiger partial charge on any atom is -0.481 e. The van der Waals surface area contributed by atoms with E-state index in [1.54, 1.807) is 6.92 Å². The second-order valence-corrected chi connectivity index (χ2v) is 3.58. The Bertz CT molecular complexity index is 219. The van der Waals surface area contributed by atoms with Crippen LogP contribution in [0.2, 0.25) is 0 Å². The van der Waals surface area contributed by atoms with Crippen molar-refractivity contribution in [2.45, 2.75) is 39.2 Å². The highest BCUT2D eigenvalue weighted by Crippen LogP contribution is 2.01. The van der Waals surface area contributed by atoms with Gasteiger partial charge in [-0.1, -0.05) is 20.3 Å². The van der Waals surface area contributed by atoms with E-state index in [-0.39, 0.29) is 12.5 Å². The number of aliphatic carboxylic acids is 1. The summed E-state index contributed by atoms with van der Waals surface area (Å²) in [6.45, 7) is 3.87. The molecule has 1 unspecified atom stereocenters. The van der Waals surface area contributed by atoms with Crippen LogP contribution in [0.3, 0.4) is 0 Å². The quantitative estimate of drug-likeness (QED) is 0.572. The summed E-state index contributed by atoms with van der Waals surface area (Å²) < 4.78 is 0. The second-order valence-electron chi connectivity index (χ2n) is 3.58. The molecule has 0 aliphatic rings. The van der Waals surface area contributed by atoms with Gasteiger partial charge >= 0.3 is 5.97 Å². The fraction of sp³-hybridized carbons (Fsp3) is 0.800. The molecule has 0 aromatic rings. The van der Waals surface area contributed by atoms with E-state index in [0.29, 0.717) is 12.8 Å². The molecule has 0 heterocycles. The van der Waals surface area contributed by atoms with Gasteiger partial charge in [0.05, 0.1) is 12.0 Å². The fourth-order valence-electron chi connectivity index (χ4n) is 1.20. The van der Waals surface area contributed by atoms with Crippen LogP contribution in [0.25, 0.3) is 0 Å². The number of amides is 1. The van der Waals surface area contributed by atoms with E-state index < -0.39 is 17.9 Å². The van der Waals surface area contributed by atoms with Crippen LogP contribution in [0.5, 0.6) is 0 Å². The summed E-state index contributed by atoms with van der Waals surface area (Å²) in [6.07, 6.45) is 1.96. The Morgan fingerprint density at radius 1 is 1.40 bits per heavy atom.